The molecule has 0 spiro atoms. The van der Waals surface area contributed by atoms with E-state index in [1.807, 2.05) is 0 Å². The van der Waals surface area contributed by atoms with Gasteiger partial charge in [0.15, 0.2) is 0 Å². The van der Waals surface area contributed by atoms with Crippen LogP contribution in [0.3, 0.4) is 0 Å². The average molecular weight is 342 g/mol. The second-order valence-corrected chi connectivity index (χ2v) is 6.59. The molecular formula is C20H39NO3. The summed E-state index contributed by atoms with van der Waals surface area (Å²) in [5, 5.41) is 21.1. The zero-order chi connectivity index (χ0) is 17.9. The van der Waals surface area contributed by atoms with Gasteiger partial charge in [-0.05, 0) is 32.1 Å². The van der Waals surface area contributed by atoms with Gasteiger partial charge in [0.05, 0.1) is 12.7 Å². The SMILES string of the molecule is CCCCCC[C@@H](O)CC=CCCCCCCCC(=O)NCCO. The summed E-state index contributed by atoms with van der Waals surface area (Å²) in [6.45, 7) is 2.57. The number of hydrogen-bond donors (Lipinski definition) is 3. The Balaban J connectivity index is 3.30. The number of nitrogens with one attached hydrogen (secondary N) is 1. The lowest BCUT2D eigenvalue weighted by Gasteiger charge is -2.07. The van der Waals surface area contributed by atoms with Crippen molar-refractivity contribution in [3.05, 3.63) is 12.2 Å². The van der Waals surface area contributed by atoms with E-state index in [4.69, 9.17) is 5.11 Å². The Kier molecular flexibility index (Phi) is 17.8. The van der Waals surface area contributed by atoms with Crippen molar-refractivity contribution in [2.24, 2.45) is 0 Å². The van der Waals surface area contributed by atoms with Crippen LogP contribution in [0.15, 0.2) is 12.2 Å². The lowest BCUT2D eigenvalue weighted by Crippen LogP contribution is -2.25. The van der Waals surface area contributed by atoms with Crippen LogP contribution in [-0.2, 0) is 4.79 Å². The first-order chi connectivity index (χ1) is 11.7. The van der Waals surface area contributed by atoms with E-state index in [1.165, 1.54) is 38.5 Å². The van der Waals surface area contributed by atoms with Crippen LogP contribution in [0, 0.1) is 0 Å². The smallest absolute Gasteiger partial charge is 0.220 e. The van der Waals surface area contributed by atoms with Crippen LogP contribution in [-0.4, -0.2) is 35.4 Å². The molecule has 0 fully saturated rings. The highest BCUT2D eigenvalue weighted by atomic mass is 16.3. The molecule has 3 N–H and O–H groups in total. The van der Waals surface area contributed by atoms with Crippen molar-refractivity contribution in [2.45, 2.75) is 96.5 Å². The fourth-order valence-electron chi connectivity index (χ4n) is 2.66. The molecule has 1 amide bonds. The molecule has 1 atom stereocenters. The quantitative estimate of drug-likeness (QED) is 0.275. The number of unbranched alkanes of at least 4 members (excludes halogenated alkanes) is 8. The maximum atomic E-state index is 11.3. The predicted molar refractivity (Wildman–Crippen MR) is 101 cm³/mol. The number of hydrogen-bond acceptors (Lipinski definition) is 3. The van der Waals surface area contributed by atoms with E-state index in [9.17, 15) is 9.90 Å². The molecule has 0 heterocycles. The molecule has 0 aromatic heterocycles. The Bertz CT molecular complexity index is 305. The van der Waals surface area contributed by atoms with Crippen molar-refractivity contribution in [3.63, 3.8) is 0 Å². The molecule has 4 nitrogen and oxygen atoms in total. The minimum atomic E-state index is -0.171. The van der Waals surface area contributed by atoms with Crippen molar-refractivity contribution in [1.82, 2.24) is 5.32 Å². The lowest BCUT2D eigenvalue weighted by atomic mass is 10.1. The molecule has 0 aliphatic heterocycles. The molecule has 0 radical (unpaired) electrons. The summed E-state index contributed by atoms with van der Waals surface area (Å²) >= 11 is 0. The number of rotatable bonds is 17. The zero-order valence-electron chi connectivity index (χ0n) is 15.6. The summed E-state index contributed by atoms with van der Waals surface area (Å²) in [5.41, 5.74) is 0. The highest BCUT2D eigenvalue weighted by molar-refractivity contribution is 5.75. The Morgan fingerprint density at radius 3 is 2.46 bits per heavy atom. The van der Waals surface area contributed by atoms with Crippen LogP contribution in [0.5, 0.6) is 0 Å². The van der Waals surface area contributed by atoms with Crippen molar-refractivity contribution in [1.29, 1.82) is 0 Å². The minimum absolute atomic E-state index is 0.00907. The van der Waals surface area contributed by atoms with Crippen LogP contribution in [0.1, 0.15) is 90.4 Å². The van der Waals surface area contributed by atoms with E-state index in [1.54, 1.807) is 0 Å². The Hall–Kier alpha value is -0.870. The fourth-order valence-corrected chi connectivity index (χ4v) is 2.66. The van der Waals surface area contributed by atoms with Gasteiger partial charge in [0.1, 0.15) is 0 Å². The Labute approximate surface area is 148 Å². The Morgan fingerprint density at radius 1 is 1.00 bits per heavy atom. The fraction of sp³-hybridized carbons (Fsp3) is 0.850. The van der Waals surface area contributed by atoms with Crippen molar-refractivity contribution in [3.8, 4) is 0 Å². The van der Waals surface area contributed by atoms with Gasteiger partial charge in [-0.15, -0.1) is 0 Å². The highest BCUT2D eigenvalue weighted by Crippen LogP contribution is 2.10. The summed E-state index contributed by atoms with van der Waals surface area (Å²) < 4.78 is 0. The van der Waals surface area contributed by atoms with Crippen molar-refractivity contribution in [2.75, 3.05) is 13.2 Å². The molecule has 24 heavy (non-hydrogen) atoms. The van der Waals surface area contributed by atoms with E-state index in [0.29, 0.717) is 13.0 Å². The number of aliphatic hydroxyl groups is 2. The number of carbonyl (C=O) groups is 1. The van der Waals surface area contributed by atoms with Gasteiger partial charge in [-0.3, -0.25) is 4.79 Å². The summed E-state index contributed by atoms with van der Waals surface area (Å²) in [6, 6.07) is 0. The van der Waals surface area contributed by atoms with E-state index in [0.717, 1.165) is 38.5 Å². The van der Waals surface area contributed by atoms with Crippen molar-refractivity contribution < 1.29 is 15.0 Å². The monoisotopic (exact) mass is 341 g/mol. The normalized spacial score (nSPS) is 12.6. The van der Waals surface area contributed by atoms with E-state index >= 15 is 0 Å². The van der Waals surface area contributed by atoms with E-state index < -0.39 is 0 Å². The van der Waals surface area contributed by atoms with Gasteiger partial charge in [0, 0.05) is 13.0 Å². The molecule has 0 aliphatic rings. The molecule has 4 heteroatoms. The van der Waals surface area contributed by atoms with Gasteiger partial charge in [-0.1, -0.05) is 64.0 Å². The molecule has 0 aromatic rings. The van der Waals surface area contributed by atoms with Crippen LogP contribution in [0.4, 0.5) is 0 Å². The standard InChI is InChI=1S/C20H39NO3/c1-2-3-4-11-14-19(23)15-12-9-7-5-6-8-10-13-16-20(24)21-17-18-22/h9,12,19,22-23H,2-8,10-11,13-18H2,1H3,(H,21,24)/t19-/m1/s1. The van der Waals surface area contributed by atoms with Crippen LogP contribution < -0.4 is 5.32 Å². The number of carbonyl (C=O) groups excluding carboxylic acids is 1. The zero-order valence-corrected chi connectivity index (χ0v) is 15.6. The average Bonchev–Trinajstić information content (AvgIpc) is 2.58. The molecule has 0 bridgehead atoms. The first-order valence-corrected chi connectivity index (χ1v) is 9.91. The predicted octanol–water partition coefficient (Wildman–Crippen LogP) is 4.10. The van der Waals surface area contributed by atoms with Gasteiger partial charge >= 0.3 is 0 Å². The topological polar surface area (TPSA) is 69.6 Å². The molecule has 142 valence electrons. The Morgan fingerprint density at radius 2 is 1.71 bits per heavy atom. The van der Waals surface area contributed by atoms with Crippen molar-refractivity contribution >= 4 is 5.91 Å². The largest absolute Gasteiger partial charge is 0.395 e. The minimum Gasteiger partial charge on any atom is -0.395 e. The number of amides is 1. The van der Waals surface area contributed by atoms with E-state index in [2.05, 4.69) is 24.4 Å². The van der Waals surface area contributed by atoms with Crippen LogP contribution >= 0.6 is 0 Å². The third-order valence-corrected chi connectivity index (χ3v) is 4.17. The molecular weight excluding hydrogens is 302 g/mol. The first kappa shape index (κ1) is 23.1. The molecule has 0 saturated heterocycles. The second-order valence-electron chi connectivity index (χ2n) is 6.59. The van der Waals surface area contributed by atoms with Gasteiger partial charge < -0.3 is 15.5 Å². The van der Waals surface area contributed by atoms with Gasteiger partial charge in [-0.25, -0.2) is 0 Å². The summed E-state index contributed by atoms with van der Waals surface area (Å²) in [4.78, 5) is 11.3. The third-order valence-electron chi connectivity index (χ3n) is 4.17. The number of aliphatic hydroxyl groups excluding tert-OH is 2. The number of allylic oxidation sites excluding steroid dienone is 1. The molecule has 0 unspecified atom stereocenters. The molecule has 0 saturated carbocycles. The summed E-state index contributed by atoms with van der Waals surface area (Å²) in [5.74, 6) is 0.0419. The highest BCUT2D eigenvalue weighted by Gasteiger charge is 2.01. The summed E-state index contributed by atoms with van der Waals surface area (Å²) in [6.07, 6.45) is 18.0. The maximum absolute atomic E-state index is 11.3. The van der Waals surface area contributed by atoms with Gasteiger partial charge in [0.25, 0.3) is 0 Å². The molecule has 0 rings (SSSR count). The van der Waals surface area contributed by atoms with Gasteiger partial charge in [-0.2, -0.15) is 0 Å². The summed E-state index contributed by atoms with van der Waals surface area (Å²) in [7, 11) is 0. The molecule has 0 aliphatic carbocycles. The molecule has 0 aromatic carbocycles. The maximum Gasteiger partial charge on any atom is 0.220 e. The first-order valence-electron chi connectivity index (χ1n) is 9.91. The van der Waals surface area contributed by atoms with Gasteiger partial charge in [0.2, 0.25) is 5.91 Å². The second kappa shape index (κ2) is 18.5. The van der Waals surface area contributed by atoms with E-state index in [-0.39, 0.29) is 18.6 Å². The third kappa shape index (κ3) is 17.5. The van der Waals surface area contributed by atoms with Crippen LogP contribution in [0.2, 0.25) is 0 Å². The van der Waals surface area contributed by atoms with Crippen LogP contribution in [0.25, 0.3) is 0 Å². The lowest BCUT2D eigenvalue weighted by molar-refractivity contribution is -0.121.